The first-order chi connectivity index (χ1) is 13.7. The molecule has 0 aliphatic carbocycles. The van der Waals surface area contributed by atoms with Crippen molar-refractivity contribution < 1.29 is 4.79 Å². The summed E-state index contributed by atoms with van der Waals surface area (Å²) in [5.41, 5.74) is 1.53. The smallest absolute Gasteiger partial charge is 0.244 e. The van der Waals surface area contributed by atoms with E-state index in [0.29, 0.717) is 10.9 Å². The molecular formula is C21H18N4O2S. The third-order valence-corrected chi connectivity index (χ3v) is 6.35. The van der Waals surface area contributed by atoms with Crippen molar-refractivity contribution in [1.29, 1.82) is 0 Å². The van der Waals surface area contributed by atoms with Gasteiger partial charge in [-0.2, -0.15) is 5.10 Å². The van der Waals surface area contributed by atoms with Crippen molar-refractivity contribution in [3.8, 4) is 0 Å². The Morgan fingerprint density at radius 1 is 1.14 bits per heavy atom. The molecule has 0 N–H and O–H groups in total. The first-order valence-electron chi connectivity index (χ1n) is 9.30. The van der Waals surface area contributed by atoms with Gasteiger partial charge >= 0.3 is 0 Å². The van der Waals surface area contributed by atoms with Crippen molar-refractivity contribution in [1.82, 2.24) is 19.7 Å². The Balaban J connectivity index is 1.45. The lowest BCUT2D eigenvalue weighted by Gasteiger charge is -2.23. The Hall–Kier alpha value is -3.06. The highest BCUT2D eigenvalue weighted by molar-refractivity contribution is 7.18. The number of aromatic nitrogens is 3. The van der Waals surface area contributed by atoms with E-state index in [2.05, 4.69) is 11.2 Å². The Morgan fingerprint density at radius 2 is 1.96 bits per heavy atom. The van der Waals surface area contributed by atoms with Gasteiger partial charge in [0, 0.05) is 11.9 Å². The van der Waals surface area contributed by atoms with Crippen molar-refractivity contribution in [2.75, 3.05) is 6.54 Å². The summed E-state index contributed by atoms with van der Waals surface area (Å²) in [5.74, 6) is 0.00283. The molecule has 7 heteroatoms. The van der Waals surface area contributed by atoms with Crippen LogP contribution in [0.4, 0.5) is 0 Å². The zero-order chi connectivity index (χ0) is 19.1. The summed E-state index contributed by atoms with van der Waals surface area (Å²) >= 11 is 1.66. The van der Waals surface area contributed by atoms with Gasteiger partial charge in [-0.1, -0.05) is 24.3 Å². The highest BCUT2D eigenvalue weighted by atomic mass is 32.1. The van der Waals surface area contributed by atoms with Crippen LogP contribution >= 0.6 is 11.3 Å². The SMILES string of the molecule is O=C(Cn1ncc(=O)c2ccccc21)N1CCC[C@@H]1c1nc2ccccc2s1. The molecule has 1 atom stereocenters. The number of likely N-dealkylation sites (tertiary alicyclic amines) is 1. The van der Waals surface area contributed by atoms with E-state index in [4.69, 9.17) is 4.98 Å². The highest BCUT2D eigenvalue weighted by Crippen LogP contribution is 2.36. The summed E-state index contributed by atoms with van der Waals surface area (Å²) in [5, 5.41) is 5.76. The first-order valence-corrected chi connectivity index (χ1v) is 10.1. The van der Waals surface area contributed by atoms with Crippen LogP contribution in [-0.4, -0.2) is 32.1 Å². The highest BCUT2D eigenvalue weighted by Gasteiger charge is 2.32. The van der Waals surface area contributed by atoms with Crippen LogP contribution < -0.4 is 5.43 Å². The van der Waals surface area contributed by atoms with E-state index in [-0.39, 0.29) is 23.9 Å². The van der Waals surface area contributed by atoms with E-state index < -0.39 is 0 Å². The van der Waals surface area contributed by atoms with Gasteiger partial charge in [-0.25, -0.2) is 4.98 Å². The molecule has 140 valence electrons. The second-order valence-electron chi connectivity index (χ2n) is 6.95. The number of hydrogen-bond acceptors (Lipinski definition) is 5. The standard InChI is InChI=1S/C21H18N4O2S/c26-18-12-22-25(16-8-3-1-6-14(16)18)13-20(27)24-11-5-9-17(24)21-23-15-7-2-4-10-19(15)28-21/h1-4,6-8,10,12,17H,5,9,11,13H2/t17-/m1/s1. The van der Waals surface area contributed by atoms with Crippen LogP contribution in [0.1, 0.15) is 23.9 Å². The fraction of sp³-hybridized carbons (Fsp3) is 0.238. The molecule has 1 amide bonds. The lowest BCUT2D eigenvalue weighted by molar-refractivity contribution is -0.132. The minimum Gasteiger partial charge on any atom is -0.332 e. The molecule has 1 aliphatic rings. The predicted molar refractivity (Wildman–Crippen MR) is 109 cm³/mol. The van der Waals surface area contributed by atoms with Crippen LogP contribution in [0.15, 0.2) is 59.5 Å². The third-order valence-electron chi connectivity index (χ3n) is 5.22. The summed E-state index contributed by atoms with van der Waals surface area (Å²) in [6, 6.07) is 15.3. The number of carbonyl (C=O) groups is 1. The van der Waals surface area contributed by atoms with Gasteiger partial charge in [-0.05, 0) is 37.1 Å². The summed E-state index contributed by atoms with van der Waals surface area (Å²) in [7, 11) is 0. The Kier molecular flexibility index (Phi) is 4.16. The predicted octanol–water partition coefficient (Wildman–Crippen LogP) is 3.37. The summed E-state index contributed by atoms with van der Waals surface area (Å²) in [6.07, 6.45) is 3.17. The van der Waals surface area contributed by atoms with E-state index in [1.54, 1.807) is 22.1 Å². The molecule has 5 rings (SSSR count). The number of benzene rings is 2. The van der Waals surface area contributed by atoms with Crippen molar-refractivity contribution in [3.63, 3.8) is 0 Å². The van der Waals surface area contributed by atoms with Crippen LogP contribution in [0, 0.1) is 0 Å². The van der Waals surface area contributed by atoms with Gasteiger partial charge in [-0.3, -0.25) is 14.3 Å². The molecule has 0 saturated carbocycles. The summed E-state index contributed by atoms with van der Waals surface area (Å²) < 4.78 is 2.76. The number of nitrogens with zero attached hydrogens (tertiary/aromatic N) is 4. The number of carbonyl (C=O) groups excluding carboxylic acids is 1. The van der Waals surface area contributed by atoms with E-state index in [9.17, 15) is 9.59 Å². The maximum absolute atomic E-state index is 13.1. The van der Waals surface area contributed by atoms with Crippen molar-refractivity contribution in [3.05, 3.63) is 70.0 Å². The third kappa shape index (κ3) is 2.88. The zero-order valence-electron chi connectivity index (χ0n) is 15.1. The molecule has 3 heterocycles. The Bertz CT molecular complexity index is 1210. The van der Waals surface area contributed by atoms with Crippen LogP contribution in [0.5, 0.6) is 0 Å². The van der Waals surface area contributed by atoms with Gasteiger partial charge in [0.2, 0.25) is 11.3 Å². The molecule has 2 aromatic heterocycles. The quantitative estimate of drug-likeness (QED) is 0.538. The monoisotopic (exact) mass is 390 g/mol. The molecule has 4 aromatic rings. The fourth-order valence-electron chi connectivity index (χ4n) is 3.86. The molecule has 0 bridgehead atoms. The molecule has 0 unspecified atom stereocenters. The molecule has 2 aromatic carbocycles. The molecule has 28 heavy (non-hydrogen) atoms. The number of amides is 1. The number of fused-ring (bicyclic) bond motifs is 2. The zero-order valence-corrected chi connectivity index (χ0v) is 15.9. The maximum Gasteiger partial charge on any atom is 0.244 e. The van der Waals surface area contributed by atoms with Gasteiger partial charge in [0.25, 0.3) is 0 Å². The molecule has 6 nitrogen and oxygen atoms in total. The molecule has 1 saturated heterocycles. The molecule has 0 spiro atoms. The molecule has 1 aliphatic heterocycles. The average molecular weight is 390 g/mol. The van der Waals surface area contributed by atoms with E-state index in [0.717, 1.165) is 34.6 Å². The fourth-order valence-corrected chi connectivity index (χ4v) is 4.98. The molecule has 0 radical (unpaired) electrons. The van der Waals surface area contributed by atoms with Crippen molar-refractivity contribution in [2.45, 2.75) is 25.4 Å². The van der Waals surface area contributed by atoms with Gasteiger partial charge < -0.3 is 4.90 Å². The van der Waals surface area contributed by atoms with Crippen LogP contribution in [0.25, 0.3) is 21.1 Å². The normalized spacial score (nSPS) is 16.9. The van der Waals surface area contributed by atoms with Gasteiger partial charge in [0.05, 0.1) is 28.0 Å². The first kappa shape index (κ1) is 17.1. The van der Waals surface area contributed by atoms with E-state index in [1.165, 1.54) is 6.20 Å². The van der Waals surface area contributed by atoms with Crippen LogP contribution in [0.2, 0.25) is 0 Å². The van der Waals surface area contributed by atoms with E-state index >= 15 is 0 Å². The second kappa shape index (κ2) is 6.83. The minimum absolute atomic E-state index is 0.00283. The number of hydrogen-bond donors (Lipinski definition) is 0. The average Bonchev–Trinajstić information content (AvgIpc) is 3.37. The number of rotatable bonds is 3. The topological polar surface area (TPSA) is 68.1 Å². The Labute approximate surface area is 165 Å². The van der Waals surface area contributed by atoms with E-state index in [1.807, 2.05) is 41.3 Å². The lowest BCUT2D eigenvalue weighted by atomic mass is 10.2. The largest absolute Gasteiger partial charge is 0.332 e. The lowest BCUT2D eigenvalue weighted by Crippen LogP contribution is -2.34. The van der Waals surface area contributed by atoms with Crippen molar-refractivity contribution in [2.24, 2.45) is 0 Å². The van der Waals surface area contributed by atoms with Crippen LogP contribution in [-0.2, 0) is 11.3 Å². The van der Waals surface area contributed by atoms with Gasteiger partial charge in [-0.15, -0.1) is 11.3 Å². The van der Waals surface area contributed by atoms with Crippen LogP contribution in [0.3, 0.4) is 0 Å². The molecule has 1 fully saturated rings. The number of thiazole rings is 1. The van der Waals surface area contributed by atoms with Gasteiger partial charge in [0.1, 0.15) is 11.6 Å². The van der Waals surface area contributed by atoms with Crippen molar-refractivity contribution >= 4 is 38.4 Å². The summed E-state index contributed by atoms with van der Waals surface area (Å²) in [4.78, 5) is 31.8. The molecular weight excluding hydrogens is 372 g/mol. The Morgan fingerprint density at radius 3 is 2.86 bits per heavy atom. The maximum atomic E-state index is 13.1. The second-order valence-corrected chi connectivity index (χ2v) is 8.01. The summed E-state index contributed by atoms with van der Waals surface area (Å²) in [6.45, 7) is 0.833. The number of para-hydroxylation sites is 2. The van der Waals surface area contributed by atoms with Gasteiger partial charge in [0.15, 0.2) is 0 Å². The minimum atomic E-state index is -0.132.